The molecule has 110 valence electrons. The fraction of sp³-hybridized carbons (Fsp3) is 0.133. The van der Waals surface area contributed by atoms with Gasteiger partial charge >= 0.3 is 0 Å². The lowest BCUT2D eigenvalue weighted by Gasteiger charge is -2.08. The third-order valence-electron chi connectivity index (χ3n) is 2.81. The molecule has 0 aliphatic rings. The number of halogens is 2. The number of carbonyl (C=O) groups excluding carboxylic acids is 1. The number of benzene rings is 2. The van der Waals surface area contributed by atoms with Gasteiger partial charge in [0.1, 0.15) is 17.4 Å². The van der Waals surface area contributed by atoms with Crippen molar-refractivity contribution in [1.82, 2.24) is 0 Å². The van der Waals surface area contributed by atoms with Crippen LogP contribution in [-0.2, 0) is 10.8 Å². The quantitative estimate of drug-likeness (QED) is 0.798. The van der Waals surface area contributed by atoms with Crippen molar-refractivity contribution >= 4 is 16.6 Å². The lowest BCUT2D eigenvalue weighted by molar-refractivity contribution is 0.101. The first-order valence-electron chi connectivity index (χ1n) is 6.02. The zero-order chi connectivity index (χ0) is 15.4. The first-order valence-corrected chi connectivity index (χ1v) is 7.34. The van der Waals surface area contributed by atoms with Crippen LogP contribution in [0.15, 0.2) is 47.4 Å². The Bertz CT molecular complexity index is 701. The Kier molecular flexibility index (Phi) is 4.80. The molecular weight excluding hydrogens is 298 g/mol. The SMILES string of the molecule is COc1ccccc1S(=O)CC(=O)c1cc(F)ccc1F. The Morgan fingerprint density at radius 2 is 1.90 bits per heavy atom. The van der Waals surface area contributed by atoms with Gasteiger partial charge in [-0.3, -0.25) is 9.00 Å². The molecule has 1 unspecified atom stereocenters. The van der Waals surface area contributed by atoms with E-state index in [-0.39, 0.29) is 0 Å². The molecule has 0 heterocycles. The summed E-state index contributed by atoms with van der Waals surface area (Å²) < 4.78 is 43.8. The van der Waals surface area contributed by atoms with Gasteiger partial charge in [0, 0.05) is 0 Å². The zero-order valence-corrected chi connectivity index (χ0v) is 12.0. The topological polar surface area (TPSA) is 43.4 Å². The van der Waals surface area contributed by atoms with Crippen molar-refractivity contribution in [2.75, 3.05) is 12.9 Å². The van der Waals surface area contributed by atoms with Crippen LogP contribution < -0.4 is 4.74 Å². The highest BCUT2D eigenvalue weighted by Gasteiger charge is 2.18. The van der Waals surface area contributed by atoms with Gasteiger partial charge in [0.25, 0.3) is 0 Å². The maximum atomic E-state index is 13.5. The molecule has 21 heavy (non-hydrogen) atoms. The van der Waals surface area contributed by atoms with Crippen LogP contribution in [0.5, 0.6) is 5.75 Å². The van der Waals surface area contributed by atoms with E-state index in [9.17, 15) is 17.8 Å². The van der Waals surface area contributed by atoms with Gasteiger partial charge in [-0.1, -0.05) is 12.1 Å². The van der Waals surface area contributed by atoms with Crippen molar-refractivity contribution in [1.29, 1.82) is 0 Å². The second kappa shape index (κ2) is 6.58. The highest BCUT2D eigenvalue weighted by molar-refractivity contribution is 7.86. The van der Waals surface area contributed by atoms with Crippen LogP contribution in [0, 0.1) is 11.6 Å². The summed E-state index contributed by atoms with van der Waals surface area (Å²) in [6.45, 7) is 0. The number of ether oxygens (including phenoxy) is 1. The largest absolute Gasteiger partial charge is 0.495 e. The molecule has 1 atom stereocenters. The maximum Gasteiger partial charge on any atom is 0.178 e. The summed E-state index contributed by atoms with van der Waals surface area (Å²) >= 11 is 0. The molecular formula is C15H12F2O3S. The van der Waals surface area contributed by atoms with Crippen LogP contribution in [0.4, 0.5) is 8.78 Å². The minimum Gasteiger partial charge on any atom is -0.495 e. The van der Waals surface area contributed by atoms with E-state index in [4.69, 9.17) is 4.74 Å². The molecule has 0 aromatic heterocycles. The average molecular weight is 310 g/mol. The lowest BCUT2D eigenvalue weighted by atomic mass is 10.1. The summed E-state index contributed by atoms with van der Waals surface area (Å²) in [6, 6.07) is 9.12. The second-order valence-corrected chi connectivity index (χ2v) is 5.61. The summed E-state index contributed by atoms with van der Waals surface area (Å²) in [7, 11) is -0.283. The van der Waals surface area contributed by atoms with Crippen molar-refractivity contribution in [3.8, 4) is 5.75 Å². The normalized spacial score (nSPS) is 12.0. The van der Waals surface area contributed by atoms with Crippen LogP contribution in [0.1, 0.15) is 10.4 Å². The Hall–Kier alpha value is -2.08. The predicted octanol–water partition coefficient (Wildman–Crippen LogP) is 2.96. The van der Waals surface area contributed by atoms with Gasteiger partial charge in [0.15, 0.2) is 5.78 Å². The number of ketones is 1. The number of rotatable bonds is 5. The van der Waals surface area contributed by atoms with Crippen LogP contribution in [0.3, 0.4) is 0 Å². The molecule has 0 radical (unpaired) electrons. The molecule has 0 saturated heterocycles. The molecule has 0 amide bonds. The molecule has 0 fully saturated rings. The van der Waals surface area contributed by atoms with E-state index in [2.05, 4.69) is 0 Å². The zero-order valence-electron chi connectivity index (χ0n) is 11.1. The van der Waals surface area contributed by atoms with Crippen LogP contribution in [0.2, 0.25) is 0 Å². The van der Waals surface area contributed by atoms with Gasteiger partial charge in [-0.05, 0) is 30.3 Å². The molecule has 6 heteroatoms. The average Bonchev–Trinajstić information content (AvgIpc) is 2.49. The lowest BCUT2D eigenvalue weighted by Crippen LogP contribution is -2.13. The molecule has 0 aliphatic heterocycles. The molecule has 3 nitrogen and oxygen atoms in total. The van der Waals surface area contributed by atoms with E-state index >= 15 is 0 Å². The first kappa shape index (κ1) is 15.3. The summed E-state index contributed by atoms with van der Waals surface area (Å²) in [4.78, 5) is 12.3. The van der Waals surface area contributed by atoms with E-state index in [1.807, 2.05) is 0 Å². The standard InChI is InChI=1S/C15H12F2O3S/c1-20-14-4-2-3-5-15(14)21(19)9-13(18)11-8-10(16)6-7-12(11)17/h2-8H,9H2,1H3. The summed E-state index contributed by atoms with van der Waals surface area (Å²) in [6.07, 6.45) is 0. The molecule has 2 rings (SSSR count). The molecule has 0 spiro atoms. The Balaban J connectivity index is 2.23. The number of Topliss-reactive ketones (excluding diaryl/α,β-unsaturated/α-hetero) is 1. The van der Waals surface area contributed by atoms with Crippen LogP contribution >= 0.6 is 0 Å². The second-order valence-electron chi connectivity index (χ2n) is 4.19. The fourth-order valence-electron chi connectivity index (χ4n) is 1.79. The highest BCUT2D eigenvalue weighted by atomic mass is 32.2. The van der Waals surface area contributed by atoms with Crippen molar-refractivity contribution in [2.45, 2.75) is 4.90 Å². The summed E-state index contributed by atoms with van der Waals surface area (Å²) in [5, 5.41) is 0. The monoisotopic (exact) mass is 310 g/mol. The minimum absolute atomic E-state index is 0.338. The van der Waals surface area contributed by atoms with Crippen molar-refractivity contribution < 1.29 is 22.5 Å². The van der Waals surface area contributed by atoms with Gasteiger partial charge in [0.05, 0.1) is 34.1 Å². The van der Waals surface area contributed by atoms with Crippen molar-refractivity contribution in [2.24, 2.45) is 0 Å². The Morgan fingerprint density at radius 3 is 2.62 bits per heavy atom. The third-order valence-corrected chi connectivity index (χ3v) is 4.16. The van der Waals surface area contributed by atoms with E-state index in [0.717, 1.165) is 18.2 Å². The molecule has 0 aliphatic carbocycles. The Morgan fingerprint density at radius 1 is 1.19 bits per heavy atom. The van der Waals surface area contributed by atoms with Gasteiger partial charge in [-0.15, -0.1) is 0 Å². The van der Waals surface area contributed by atoms with Gasteiger partial charge in [-0.2, -0.15) is 0 Å². The van der Waals surface area contributed by atoms with E-state index in [1.54, 1.807) is 24.3 Å². The smallest absolute Gasteiger partial charge is 0.178 e. The van der Waals surface area contributed by atoms with E-state index in [0.29, 0.717) is 10.6 Å². The maximum absolute atomic E-state index is 13.5. The van der Waals surface area contributed by atoms with Gasteiger partial charge < -0.3 is 4.74 Å². The highest BCUT2D eigenvalue weighted by Crippen LogP contribution is 2.22. The third kappa shape index (κ3) is 3.52. The van der Waals surface area contributed by atoms with E-state index in [1.165, 1.54) is 7.11 Å². The van der Waals surface area contributed by atoms with Gasteiger partial charge in [-0.25, -0.2) is 8.78 Å². The Labute approximate surface area is 123 Å². The molecule has 0 N–H and O–H groups in total. The number of carbonyl (C=O) groups is 1. The van der Waals surface area contributed by atoms with Gasteiger partial charge in [0.2, 0.25) is 0 Å². The molecule has 0 saturated carbocycles. The molecule has 0 bridgehead atoms. The molecule has 2 aromatic carbocycles. The van der Waals surface area contributed by atoms with Crippen LogP contribution in [0.25, 0.3) is 0 Å². The summed E-state index contributed by atoms with van der Waals surface area (Å²) in [5.74, 6) is -2.35. The number of para-hydroxylation sites is 1. The minimum atomic E-state index is -1.70. The van der Waals surface area contributed by atoms with E-state index < -0.39 is 39.5 Å². The van der Waals surface area contributed by atoms with Crippen molar-refractivity contribution in [3.05, 3.63) is 59.7 Å². The number of hydrogen-bond acceptors (Lipinski definition) is 3. The molecule has 2 aromatic rings. The first-order chi connectivity index (χ1) is 10.0. The van der Waals surface area contributed by atoms with Crippen molar-refractivity contribution in [3.63, 3.8) is 0 Å². The summed E-state index contributed by atoms with van der Waals surface area (Å²) in [5.41, 5.74) is -0.404. The number of methoxy groups -OCH3 is 1. The fourth-order valence-corrected chi connectivity index (χ4v) is 2.95. The number of hydrogen-bond donors (Lipinski definition) is 0. The predicted molar refractivity (Wildman–Crippen MR) is 75.0 cm³/mol. The van der Waals surface area contributed by atoms with Crippen LogP contribution in [-0.4, -0.2) is 22.9 Å².